The maximum atomic E-state index is 13.8. The number of carbonyl (C=O) groups is 1. The lowest BCUT2D eigenvalue weighted by atomic mass is 10.2. The summed E-state index contributed by atoms with van der Waals surface area (Å²) in [5, 5.41) is 1.76. The van der Waals surface area contributed by atoms with Crippen LogP contribution in [0.5, 0.6) is 0 Å². The third-order valence-corrected chi connectivity index (χ3v) is 4.98. The first-order valence-corrected chi connectivity index (χ1v) is 8.36. The van der Waals surface area contributed by atoms with E-state index >= 15 is 0 Å². The third kappa shape index (κ3) is 3.29. The molecule has 1 aromatic heterocycles. The molecular formula is C16H18FN3O2S. The lowest BCUT2D eigenvalue weighted by molar-refractivity contribution is -0.132. The molecule has 1 aliphatic heterocycles. The van der Waals surface area contributed by atoms with E-state index in [2.05, 4.69) is 0 Å². The number of aryl methyl sites for hydroxylation is 1. The van der Waals surface area contributed by atoms with Crippen LogP contribution in [0, 0.1) is 12.7 Å². The molecule has 0 saturated carbocycles. The van der Waals surface area contributed by atoms with Crippen molar-refractivity contribution in [2.75, 3.05) is 31.1 Å². The molecular weight excluding hydrogens is 317 g/mol. The molecule has 0 radical (unpaired) electrons. The maximum Gasteiger partial charge on any atom is 0.307 e. The van der Waals surface area contributed by atoms with Crippen LogP contribution in [0.25, 0.3) is 0 Å². The summed E-state index contributed by atoms with van der Waals surface area (Å²) in [6.45, 7) is 4.14. The van der Waals surface area contributed by atoms with E-state index < -0.39 is 0 Å². The Hall–Kier alpha value is -2.15. The number of carbonyl (C=O) groups excluding carboxylic acids is 1. The zero-order valence-electron chi connectivity index (χ0n) is 12.9. The van der Waals surface area contributed by atoms with E-state index in [0.717, 1.165) is 17.0 Å². The zero-order chi connectivity index (χ0) is 16.4. The lowest BCUT2D eigenvalue weighted by Crippen LogP contribution is -2.50. The molecule has 7 heteroatoms. The Balaban J connectivity index is 1.62. The Kier molecular flexibility index (Phi) is 4.47. The van der Waals surface area contributed by atoms with Gasteiger partial charge in [0, 0.05) is 37.3 Å². The maximum absolute atomic E-state index is 13.8. The summed E-state index contributed by atoms with van der Waals surface area (Å²) in [6, 6.07) is 6.67. The molecule has 0 unspecified atom stereocenters. The van der Waals surface area contributed by atoms with Gasteiger partial charge < -0.3 is 9.80 Å². The molecule has 23 heavy (non-hydrogen) atoms. The molecule has 1 amide bonds. The molecule has 2 heterocycles. The van der Waals surface area contributed by atoms with Crippen LogP contribution >= 0.6 is 11.3 Å². The fourth-order valence-corrected chi connectivity index (χ4v) is 3.47. The number of amides is 1. The topological polar surface area (TPSA) is 45.6 Å². The number of anilines is 1. The Labute approximate surface area is 137 Å². The number of hydrogen-bond donors (Lipinski definition) is 0. The summed E-state index contributed by atoms with van der Waals surface area (Å²) in [4.78, 5) is 27.6. The van der Waals surface area contributed by atoms with Crippen molar-refractivity contribution in [3.8, 4) is 0 Å². The fourth-order valence-electron chi connectivity index (χ4n) is 2.74. The molecule has 0 spiro atoms. The van der Waals surface area contributed by atoms with E-state index in [0.29, 0.717) is 31.9 Å². The number of piperazine rings is 1. The highest BCUT2D eigenvalue weighted by Crippen LogP contribution is 2.20. The van der Waals surface area contributed by atoms with Gasteiger partial charge in [0.05, 0.1) is 5.69 Å². The molecule has 2 aromatic rings. The molecule has 0 atom stereocenters. The average molecular weight is 335 g/mol. The minimum atomic E-state index is -0.243. The highest BCUT2D eigenvalue weighted by atomic mass is 32.1. The van der Waals surface area contributed by atoms with Crippen molar-refractivity contribution >= 4 is 22.9 Å². The highest BCUT2D eigenvalue weighted by molar-refractivity contribution is 7.07. The van der Waals surface area contributed by atoms with Crippen LogP contribution in [-0.2, 0) is 11.3 Å². The van der Waals surface area contributed by atoms with Crippen molar-refractivity contribution in [3.05, 3.63) is 50.8 Å². The SMILES string of the molecule is Cc1csc(=O)n1CC(=O)N1CCN(c2ccccc2F)CC1. The number of aromatic nitrogens is 1. The van der Waals surface area contributed by atoms with Crippen LogP contribution in [0.15, 0.2) is 34.4 Å². The van der Waals surface area contributed by atoms with Crippen molar-refractivity contribution in [2.45, 2.75) is 13.5 Å². The van der Waals surface area contributed by atoms with Crippen LogP contribution in [-0.4, -0.2) is 41.6 Å². The highest BCUT2D eigenvalue weighted by Gasteiger charge is 2.23. The number of hydrogen-bond acceptors (Lipinski definition) is 4. The predicted octanol–water partition coefficient (Wildman–Crippen LogP) is 1.71. The first-order valence-electron chi connectivity index (χ1n) is 7.48. The standard InChI is InChI=1S/C16H18FN3O2S/c1-12-11-23-16(22)20(12)10-15(21)19-8-6-18(7-9-19)14-5-3-2-4-13(14)17/h2-5,11H,6-10H2,1H3. The van der Waals surface area contributed by atoms with Crippen molar-refractivity contribution < 1.29 is 9.18 Å². The normalized spacial score (nSPS) is 15.0. The van der Waals surface area contributed by atoms with Crippen LogP contribution < -0.4 is 9.77 Å². The third-order valence-electron chi connectivity index (χ3n) is 4.10. The molecule has 122 valence electrons. The van der Waals surface area contributed by atoms with Gasteiger partial charge in [-0.05, 0) is 19.1 Å². The zero-order valence-corrected chi connectivity index (χ0v) is 13.7. The number of para-hydroxylation sites is 1. The number of rotatable bonds is 3. The minimum Gasteiger partial charge on any atom is -0.366 e. The summed E-state index contributed by atoms with van der Waals surface area (Å²) in [5.41, 5.74) is 1.38. The molecule has 1 saturated heterocycles. The molecule has 0 bridgehead atoms. The van der Waals surface area contributed by atoms with E-state index in [1.54, 1.807) is 22.4 Å². The Morgan fingerprint density at radius 3 is 2.52 bits per heavy atom. The second-order valence-corrected chi connectivity index (χ2v) is 6.37. The van der Waals surface area contributed by atoms with Crippen LogP contribution in [0.3, 0.4) is 0 Å². The number of nitrogens with zero attached hydrogens (tertiary/aromatic N) is 3. The van der Waals surface area contributed by atoms with Gasteiger partial charge in [0.25, 0.3) is 0 Å². The monoisotopic (exact) mass is 335 g/mol. The summed E-state index contributed by atoms with van der Waals surface area (Å²) < 4.78 is 15.3. The number of halogens is 1. The Morgan fingerprint density at radius 2 is 1.91 bits per heavy atom. The average Bonchev–Trinajstić information content (AvgIpc) is 2.87. The quantitative estimate of drug-likeness (QED) is 0.858. The Morgan fingerprint density at radius 1 is 1.22 bits per heavy atom. The van der Waals surface area contributed by atoms with Gasteiger partial charge in [0.2, 0.25) is 5.91 Å². The molecule has 5 nitrogen and oxygen atoms in total. The molecule has 1 aliphatic rings. The van der Waals surface area contributed by atoms with Crippen molar-refractivity contribution in [1.29, 1.82) is 0 Å². The molecule has 3 rings (SSSR count). The van der Waals surface area contributed by atoms with Gasteiger partial charge in [-0.15, -0.1) is 0 Å². The summed E-state index contributed by atoms with van der Waals surface area (Å²) in [7, 11) is 0. The smallest absolute Gasteiger partial charge is 0.307 e. The second-order valence-electron chi connectivity index (χ2n) is 5.55. The van der Waals surface area contributed by atoms with E-state index in [1.165, 1.54) is 10.6 Å². The van der Waals surface area contributed by atoms with Crippen LogP contribution in [0.4, 0.5) is 10.1 Å². The summed E-state index contributed by atoms with van der Waals surface area (Å²) >= 11 is 1.11. The van der Waals surface area contributed by atoms with Gasteiger partial charge in [0.15, 0.2) is 0 Å². The van der Waals surface area contributed by atoms with E-state index in [-0.39, 0.29) is 23.1 Å². The van der Waals surface area contributed by atoms with Crippen molar-refractivity contribution in [2.24, 2.45) is 0 Å². The fraction of sp³-hybridized carbons (Fsp3) is 0.375. The lowest BCUT2D eigenvalue weighted by Gasteiger charge is -2.36. The molecule has 1 fully saturated rings. The number of benzene rings is 1. The Bertz CT molecular complexity index is 763. The molecule has 0 N–H and O–H groups in total. The largest absolute Gasteiger partial charge is 0.366 e. The van der Waals surface area contributed by atoms with E-state index in [4.69, 9.17) is 0 Å². The van der Waals surface area contributed by atoms with Crippen LogP contribution in [0.1, 0.15) is 5.69 Å². The van der Waals surface area contributed by atoms with Crippen LogP contribution in [0.2, 0.25) is 0 Å². The van der Waals surface area contributed by atoms with Crippen molar-refractivity contribution in [1.82, 2.24) is 9.47 Å². The summed E-state index contributed by atoms with van der Waals surface area (Å²) in [5.74, 6) is -0.311. The second kappa shape index (κ2) is 6.54. The van der Waals surface area contributed by atoms with Gasteiger partial charge in [0.1, 0.15) is 12.4 Å². The van der Waals surface area contributed by atoms with Gasteiger partial charge in [-0.2, -0.15) is 0 Å². The van der Waals surface area contributed by atoms with Gasteiger partial charge in [-0.25, -0.2) is 4.39 Å². The van der Waals surface area contributed by atoms with E-state index in [1.807, 2.05) is 17.9 Å². The first kappa shape index (κ1) is 15.7. The van der Waals surface area contributed by atoms with Gasteiger partial charge >= 0.3 is 4.87 Å². The molecule has 0 aliphatic carbocycles. The first-order chi connectivity index (χ1) is 11.1. The predicted molar refractivity (Wildman–Crippen MR) is 88.5 cm³/mol. The number of thiazole rings is 1. The minimum absolute atomic E-state index is 0.0678. The van der Waals surface area contributed by atoms with Gasteiger partial charge in [-0.1, -0.05) is 23.5 Å². The van der Waals surface area contributed by atoms with Gasteiger partial charge in [-0.3, -0.25) is 14.2 Å². The summed E-state index contributed by atoms with van der Waals surface area (Å²) in [6.07, 6.45) is 0. The molecule has 1 aromatic carbocycles. The van der Waals surface area contributed by atoms with Crippen molar-refractivity contribution in [3.63, 3.8) is 0 Å². The van der Waals surface area contributed by atoms with E-state index in [9.17, 15) is 14.0 Å².